The van der Waals surface area contributed by atoms with E-state index in [9.17, 15) is 18.0 Å². The number of carboxylic acid groups (broad SMARTS) is 1. The molecule has 1 heterocycles. The lowest BCUT2D eigenvalue weighted by atomic mass is 10.3. The minimum atomic E-state index is -3.04. The van der Waals surface area contributed by atoms with Gasteiger partial charge in [-0.25, -0.2) is 22.6 Å². The summed E-state index contributed by atoms with van der Waals surface area (Å²) in [4.78, 5) is 10.7. The molecule has 0 unspecified atom stereocenters. The summed E-state index contributed by atoms with van der Waals surface area (Å²) in [6, 6.07) is 5.61. The average molecular weight is 301 g/mol. The van der Waals surface area contributed by atoms with Crippen molar-refractivity contribution >= 4 is 5.97 Å². The highest BCUT2D eigenvalue weighted by molar-refractivity contribution is 5.86. The number of hydrogen-bond donors (Lipinski definition) is 1. The largest absolute Gasteiger partial charge is 0.489 e. The van der Waals surface area contributed by atoms with E-state index in [0.29, 0.717) is 0 Å². The first-order valence-electron chi connectivity index (χ1n) is 5.83. The number of aromatic carboxylic acids is 1. The van der Waals surface area contributed by atoms with E-state index in [1.165, 1.54) is 18.2 Å². The minimum Gasteiger partial charge on any atom is -0.489 e. The molecule has 2 rings (SSSR count). The van der Waals surface area contributed by atoms with Crippen molar-refractivity contribution < 1.29 is 27.8 Å². The maximum atomic E-state index is 13.3. The Morgan fingerprint density at radius 2 is 2.10 bits per heavy atom. The summed E-state index contributed by atoms with van der Waals surface area (Å²) in [5, 5.41) is 15.3. The number of hydrogen-bond acceptors (Lipinski definition) is 4. The van der Waals surface area contributed by atoms with Crippen LogP contribution in [0.15, 0.2) is 24.3 Å². The molecular formula is C12H10F3N3O3. The number of alkyl halides is 2. The second-order valence-corrected chi connectivity index (χ2v) is 3.93. The maximum Gasteiger partial charge on any atom is 0.358 e. The highest BCUT2D eigenvalue weighted by Gasteiger charge is 2.26. The lowest BCUT2D eigenvalue weighted by Crippen LogP contribution is -2.14. The summed E-state index contributed by atoms with van der Waals surface area (Å²) in [5.41, 5.74) is -1.62. The number of benzene rings is 1. The second kappa shape index (κ2) is 6.25. The molecule has 21 heavy (non-hydrogen) atoms. The van der Waals surface area contributed by atoms with Gasteiger partial charge in [-0.3, -0.25) is 0 Å². The number of ether oxygens (including phenoxy) is 1. The van der Waals surface area contributed by atoms with E-state index in [2.05, 4.69) is 10.3 Å². The molecule has 9 heteroatoms. The third-order valence-corrected chi connectivity index (χ3v) is 2.58. The van der Waals surface area contributed by atoms with Crippen LogP contribution in [0, 0.1) is 5.82 Å². The number of nitrogens with zero attached hydrogens (tertiary/aromatic N) is 3. The number of halogens is 3. The van der Waals surface area contributed by atoms with Crippen LogP contribution in [0.2, 0.25) is 0 Å². The average Bonchev–Trinajstić information content (AvgIpc) is 2.85. The predicted octanol–water partition coefficient (Wildman–Crippen LogP) is 2.13. The minimum absolute atomic E-state index is 0.0327. The molecule has 6 nitrogen and oxygen atoms in total. The maximum absolute atomic E-state index is 13.3. The van der Waals surface area contributed by atoms with Gasteiger partial charge in [0.2, 0.25) is 0 Å². The van der Waals surface area contributed by atoms with Crippen LogP contribution in [-0.2, 0) is 6.54 Å². The van der Waals surface area contributed by atoms with Gasteiger partial charge in [0.15, 0.2) is 17.3 Å². The molecular weight excluding hydrogens is 291 g/mol. The van der Waals surface area contributed by atoms with Gasteiger partial charge in [0.05, 0.1) is 6.54 Å². The highest BCUT2D eigenvalue weighted by Crippen LogP contribution is 2.21. The first-order valence-corrected chi connectivity index (χ1v) is 5.83. The van der Waals surface area contributed by atoms with E-state index >= 15 is 0 Å². The Morgan fingerprint density at radius 3 is 2.71 bits per heavy atom. The normalized spacial score (nSPS) is 10.9. The van der Waals surface area contributed by atoms with Gasteiger partial charge in [0, 0.05) is 0 Å². The molecule has 0 spiro atoms. The Bertz CT molecular complexity index is 646. The molecule has 112 valence electrons. The Balaban J connectivity index is 2.07. The summed E-state index contributed by atoms with van der Waals surface area (Å²) in [6.07, 6.45) is -3.04. The van der Waals surface area contributed by atoms with Crippen molar-refractivity contribution in [3.8, 4) is 5.75 Å². The van der Waals surface area contributed by atoms with Crippen LogP contribution in [0.5, 0.6) is 5.75 Å². The van der Waals surface area contributed by atoms with Crippen molar-refractivity contribution in [3.63, 3.8) is 0 Å². The van der Waals surface area contributed by atoms with Crippen LogP contribution in [0.25, 0.3) is 0 Å². The molecule has 2 aromatic rings. The van der Waals surface area contributed by atoms with Crippen LogP contribution in [0.3, 0.4) is 0 Å². The van der Waals surface area contributed by atoms with E-state index in [4.69, 9.17) is 9.84 Å². The van der Waals surface area contributed by atoms with E-state index in [-0.39, 0.29) is 18.9 Å². The fraction of sp³-hybridized carbons (Fsp3) is 0.250. The zero-order valence-electron chi connectivity index (χ0n) is 10.5. The number of carbonyl (C=O) groups is 1. The summed E-state index contributed by atoms with van der Waals surface area (Å²) in [7, 11) is 0. The van der Waals surface area contributed by atoms with Crippen molar-refractivity contribution in [2.75, 3.05) is 6.61 Å². The van der Waals surface area contributed by atoms with Crippen molar-refractivity contribution in [1.82, 2.24) is 15.0 Å². The highest BCUT2D eigenvalue weighted by atomic mass is 19.3. The van der Waals surface area contributed by atoms with E-state index in [1.54, 1.807) is 6.07 Å². The van der Waals surface area contributed by atoms with Crippen molar-refractivity contribution in [2.45, 2.75) is 13.0 Å². The third kappa shape index (κ3) is 3.30. The molecule has 0 aliphatic carbocycles. The zero-order valence-corrected chi connectivity index (χ0v) is 10.5. The molecule has 0 radical (unpaired) electrons. The number of para-hydroxylation sites is 1. The zero-order chi connectivity index (χ0) is 15.4. The Hall–Kier alpha value is -2.58. The van der Waals surface area contributed by atoms with Gasteiger partial charge in [-0.2, -0.15) is 0 Å². The standard InChI is InChI=1S/C12H10F3N3O3/c13-7-3-1-2-4-8(7)21-6-5-18-10(11(14)15)9(12(19)20)16-17-18/h1-4,11H,5-6H2,(H,19,20). The Kier molecular flexibility index (Phi) is 4.41. The molecule has 0 aliphatic rings. The van der Waals surface area contributed by atoms with Crippen LogP contribution in [-0.4, -0.2) is 32.7 Å². The molecule has 0 atom stereocenters. The molecule has 1 aromatic heterocycles. The summed E-state index contributed by atoms with van der Waals surface area (Å²) >= 11 is 0. The summed E-state index contributed by atoms with van der Waals surface area (Å²) in [6.45, 7) is -0.350. The van der Waals surface area contributed by atoms with Gasteiger partial charge in [0.1, 0.15) is 12.3 Å². The van der Waals surface area contributed by atoms with E-state index < -0.39 is 29.6 Å². The number of carboxylic acids is 1. The van der Waals surface area contributed by atoms with Crippen molar-refractivity contribution in [3.05, 3.63) is 41.5 Å². The topological polar surface area (TPSA) is 77.2 Å². The van der Waals surface area contributed by atoms with Crippen LogP contribution in [0.1, 0.15) is 22.6 Å². The number of aromatic nitrogens is 3. The smallest absolute Gasteiger partial charge is 0.358 e. The monoisotopic (exact) mass is 301 g/mol. The quantitative estimate of drug-likeness (QED) is 0.884. The van der Waals surface area contributed by atoms with Crippen molar-refractivity contribution in [1.29, 1.82) is 0 Å². The molecule has 0 saturated heterocycles. The van der Waals surface area contributed by atoms with Gasteiger partial charge >= 0.3 is 5.97 Å². The Labute approximate surface area is 116 Å². The molecule has 0 fully saturated rings. The molecule has 0 saturated carbocycles. The van der Waals surface area contributed by atoms with Crippen LogP contribution >= 0.6 is 0 Å². The Morgan fingerprint density at radius 1 is 1.38 bits per heavy atom. The van der Waals surface area contributed by atoms with E-state index in [1.807, 2.05) is 0 Å². The third-order valence-electron chi connectivity index (χ3n) is 2.58. The lowest BCUT2D eigenvalue weighted by molar-refractivity contribution is 0.0675. The van der Waals surface area contributed by atoms with Gasteiger partial charge in [-0.15, -0.1) is 5.10 Å². The summed E-state index contributed by atoms with van der Waals surface area (Å²) in [5.74, 6) is -2.21. The molecule has 1 aromatic carbocycles. The predicted molar refractivity (Wildman–Crippen MR) is 63.8 cm³/mol. The van der Waals surface area contributed by atoms with E-state index in [0.717, 1.165) is 4.68 Å². The molecule has 1 N–H and O–H groups in total. The lowest BCUT2D eigenvalue weighted by Gasteiger charge is -2.08. The van der Waals surface area contributed by atoms with Gasteiger partial charge in [-0.05, 0) is 12.1 Å². The SMILES string of the molecule is O=C(O)c1nnn(CCOc2ccccc2F)c1C(F)F. The van der Waals surface area contributed by atoms with Crippen LogP contribution < -0.4 is 4.74 Å². The van der Waals surface area contributed by atoms with Gasteiger partial charge < -0.3 is 9.84 Å². The fourth-order valence-corrected chi connectivity index (χ4v) is 1.66. The first-order chi connectivity index (χ1) is 10.0. The molecule has 0 bridgehead atoms. The van der Waals surface area contributed by atoms with Gasteiger partial charge in [-0.1, -0.05) is 17.3 Å². The molecule has 0 amide bonds. The fourth-order valence-electron chi connectivity index (χ4n) is 1.66. The number of rotatable bonds is 6. The van der Waals surface area contributed by atoms with Crippen LogP contribution in [0.4, 0.5) is 13.2 Å². The van der Waals surface area contributed by atoms with Gasteiger partial charge in [0.25, 0.3) is 6.43 Å². The second-order valence-electron chi connectivity index (χ2n) is 3.93. The first kappa shape index (κ1) is 14.8. The van der Waals surface area contributed by atoms with Crippen molar-refractivity contribution in [2.24, 2.45) is 0 Å². The summed E-state index contributed by atoms with van der Waals surface area (Å²) < 4.78 is 44.8. The molecule has 0 aliphatic heterocycles.